The number of likely N-dealkylation sites (tertiary alicyclic amines) is 1. The van der Waals surface area contributed by atoms with E-state index in [9.17, 15) is 29.6 Å². The summed E-state index contributed by atoms with van der Waals surface area (Å²) in [6, 6.07) is 5.11. The van der Waals surface area contributed by atoms with E-state index in [0.29, 0.717) is 19.4 Å². The smallest absolute Gasteiger partial charge is 0.329 e. The van der Waals surface area contributed by atoms with Crippen LogP contribution >= 0.6 is 0 Å². The van der Waals surface area contributed by atoms with Gasteiger partial charge in [0.15, 0.2) is 0 Å². The molecule has 0 radical (unpaired) electrons. The van der Waals surface area contributed by atoms with Crippen LogP contribution in [0.4, 0.5) is 5.69 Å². The Morgan fingerprint density at radius 3 is 2.52 bits per heavy atom. The monoisotopic (exact) mass is 349 g/mol. The molecule has 1 aromatic rings. The van der Waals surface area contributed by atoms with Gasteiger partial charge in [-0.15, -0.1) is 0 Å². The second kappa shape index (κ2) is 7.29. The summed E-state index contributed by atoms with van der Waals surface area (Å²) >= 11 is 0. The maximum Gasteiger partial charge on any atom is 0.329 e. The Labute approximate surface area is 143 Å². The van der Waals surface area contributed by atoms with Crippen molar-refractivity contribution in [2.75, 3.05) is 13.1 Å². The first-order valence-corrected chi connectivity index (χ1v) is 7.82. The number of aliphatic carboxylic acids is 1. The van der Waals surface area contributed by atoms with Crippen LogP contribution in [0.3, 0.4) is 0 Å². The Morgan fingerprint density at radius 2 is 1.96 bits per heavy atom. The highest BCUT2D eigenvalue weighted by Crippen LogP contribution is 2.29. The van der Waals surface area contributed by atoms with E-state index in [2.05, 4.69) is 5.32 Å². The Balaban J connectivity index is 1.87. The topological polar surface area (TPSA) is 130 Å². The van der Waals surface area contributed by atoms with Gasteiger partial charge in [-0.3, -0.25) is 19.7 Å². The molecule has 1 fully saturated rings. The summed E-state index contributed by atoms with van der Waals surface area (Å²) in [6.07, 6.45) is 1.02. The number of hydrogen-bond acceptors (Lipinski definition) is 5. The predicted molar refractivity (Wildman–Crippen MR) is 87.0 cm³/mol. The van der Waals surface area contributed by atoms with Crippen LogP contribution in [0.2, 0.25) is 0 Å². The summed E-state index contributed by atoms with van der Waals surface area (Å²) in [5.41, 5.74) is -1.07. The van der Waals surface area contributed by atoms with Gasteiger partial charge in [-0.25, -0.2) is 4.79 Å². The fourth-order valence-electron chi connectivity index (χ4n) is 2.84. The number of nitrogens with one attached hydrogen (secondary N) is 1. The molecule has 0 bridgehead atoms. The first-order chi connectivity index (χ1) is 11.8. The Morgan fingerprint density at radius 1 is 1.32 bits per heavy atom. The lowest BCUT2D eigenvalue weighted by Crippen LogP contribution is -2.51. The molecule has 0 saturated carbocycles. The van der Waals surface area contributed by atoms with Crippen LogP contribution < -0.4 is 5.32 Å². The second-order valence-corrected chi connectivity index (χ2v) is 6.04. The normalized spacial score (nSPS) is 19.5. The minimum absolute atomic E-state index is 0.0123. The van der Waals surface area contributed by atoms with E-state index in [1.165, 1.54) is 36.1 Å². The number of carbonyl (C=O) groups excluding carboxylic acids is 2. The number of carboxylic acids is 1. The van der Waals surface area contributed by atoms with Gasteiger partial charge in [0.25, 0.3) is 11.6 Å². The second-order valence-electron chi connectivity index (χ2n) is 6.04. The average molecular weight is 349 g/mol. The predicted octanol–water partition coefficient (Wildman–Crippen LogP) is 1.18. The van der Waals surface area contributed by atoms with Crippen molar-refractivity contribution in [3.63, 3.8) is 0 Å². The van der Waals surface area contributed by atoms with E-state index in [-0.39, 0.29) is 30.1 Å². The molecule has 1 aromatic carbocycles. The van der Waals surface area contributed by atoms with Gasteiger partial charge in [0, 0.05) is 37.2 Å². The molecule has 2 rings (SSSR count). The minimum Gasteiger partial charge on any atom is -0.480 e. The molecule has 1 unspecified atom stereocenters. The highest BCUT2D eigenvalue weighted by Gasteiger charge is 2.45. The number of hydrogen-bond donors (Lipinski definition) is 2. The van der Waals surface area contributed by atoms with Gasteiger partial charge in [-0.1, -0.05) is 0 Å². The lowest BCUT2D eigenvalue weighted by Gasteiger charge is -2.31. The number of benzene rings is 1. The maximum absolute atomic E-state index is 12.2. The zero-order chi connectivity index (χ0) is 18.6. The summed E-state index contributed by atoms with van der Waals surface area (Å²) in [4.78, 5) is 46.9. The largest absolute Gasteiger partial charge is 0.480 e. The molecule has 25 heavy (non-hydrogen) atoms. The molecule has 0 aromatic heterocycles. The third kappa shape index (κ3) is 3.93. The minimum atomic E-state index is -1.19. The van der Waals surface area contributed by atoms with Gasteiger partial charge < -0.3 is 15.3 Å². The summed E-state index contributed by atoms with van der Waals surface area (Å²) in [6.45, 7) is 1.97. The standard InChI is InChI=1S/C16H19N3O6/c1-16(15(22)23)8-2-10-18(16)13(20)7-9-17-14(21)11-3-5-12(6-4-11)19(24)25/h3-6H,2,7-10H2,1H3,(H,17,21)(H,22,23). The summed E-state index contributed by atoms with van der Waals surface area (Å²) in [7, 11) is 0. The molecule has 134 valence electrons. The quantitative estimate of drug-likeness (QED) is 0.586. The van der Waals surface area contributed by atoms with Gasteiger partial charge in [0.05, 0.1) is 4.92 Å². The number of nitro groups is 1. The molecule has 1 saturated heterocycles. The number of non-ortho nitro benzene ring substituents is 1. The van der Waals surface area contributed by atoms with Crippen LogP contribution in [0.25, 0.3) is 0 Å². The van der Waals surface area contributed by atoms with Crippen LogP contribution in [-0.4, -0.2) is 51.3 Å². The highest BCUT2D eigenvalue weighted by atomic mass is 16.6. The van der Waals surface area contributed by atoms with Crippen molar-refractivity contribution < 1.29 is 24.4 Å². The summed E-state index contributed by atoms with van der Waals surface area (Å²) in [5, 5.41) is 22.4. The lowest BCUT2D eigenvalue weighted by molar-refractivity contribution is -0.384. The van der Waals surface area contributed by atoms with Crippen molar-refractivity contribution in [3.8, 4) is 0 Å². The number of amides is 2. The number of nitrogens with zero attached hydrogens (tertiary/aromatic N) is 2. The Bertz CT molecular complexity index is 702. The molecule has 0 aliphatic carbocycles. The van der Waals surface area contributed by atoms with Crippen molar-refractivity contribution in [1.82, 2.24) is 10.2 Å². The van der Waals surface area contributed by atoms with Crippen LogP contribution in [0.15, 0.2) is 24.3 Å². The zero-order valence-electron chi connectivity index (χ0n) is 13.7. The first kappa shape index (κ1) is 18.4. The van der Waals surface area contributed by atoms with E-state index in [4.69, 9.17) is 0 Å². The summed E-state index contributed by atoms with van der Waals surface area (Å²) < 4.78 is 0. The molecule has 1 atom stereocenters. The van der Waals surface area contributed by atoms with E-state index in [1.807, 2.05) is 0 Å². The molecular weight excluding hydrogens is 330 g/mol. The Hall–Kier alpha value is -2.97. The zero-order valence-corrected chi connectivity index (χ0v) is 13.7. The fourth-order valence-corrected chi connectivity index (χ4v) is 2.84. The molecule has 0 spiro atoms. The molecule has 9 nitrogen and oxygen atoms in total. The molecule has 2 amide bonds. The summed E-state index contributed by atoms with van der Waals surface area (Å²) in [5.74, 6) is -1.82. The van der Waals surface area contributed by atoms with Crippen molar-refractivity contribution >= 4 is 23.5 Å². The molecule has 9 heteroatoms. The molecule has 1 heterocycles. The van der Waals surface area contributed by atoms with Gasteiger partial charge in [0.1, 0.15) is 5.54 Å². The number of rotatable bonds is 6. The van der Waals surface area contributed by atoms with Gasteiger partial charge in [0.2, 0.25) is 5.91 Å². The average Bonchev–Trinajstić information content (AvgIpc) is 2.98. The Kier molecular flexibility index (Phi) is 5.35. The number of carbonyl (C=O) groups is 3. The van der Waals surface area contributed by atoms with E-state index in [1.54, 1.807) is 0 Å². The van der Waals surface area contributed by atoms with Crippen molar-refractivity contribution in [2.24, 2.45) is 0 Å². The van der Waals surface area contributed by atoms with Gasteiger partial charge in [-0.05, 0) is 31.9 Å². The fraction of sp³-hybridized carbons (Fsp3) is 0.438. The third-order valence-electron chi connectivity index (χ3n) is 4.37. The molecule has 2 N–H and O–H groups in total. The maximum atomic E-state index is 12.2. The number of carboxylic acid groups (broad SMARTS) is 1. The molecular formula is C16H19N3O6. The molecule has 1 aliphatic rings. The van der Waals surface area contributed by atoms with E-state index in [0.717, 1.165) is 0 Å². The first-order valence-electron chi connectivity index (χ1n) is 7.82. The van der Waals surface area contributed by atoms with Crippen LogP contribution in [0.5, 0.6) is 0 Å². The molecule has 1 aliphatic heterocycles. The third-order valence-corrected chi connectivity index (χ3v) is 4.37. The number of nitro benzene ring substituents is 1. The van der Waals surface area contributed by atoms with Crippen molar-refractivity contribution in [3.05, 3.63) is 39.9 Å². The van der Waals surface area contributed by atoms with Crippen LogP contribution in [0.1, 0.15) is 36.5 Å². The van der Waals surface area contributed by atoms with Gasteiger partial charge in [-0.2, -0.15) is 0 Å². The van der Waals surface area contributed by atoms with E-state index >= 15 is 0 Å². The van der Waals surface area contributed by atoms with Crippen molar-refractivity contribution in [2.45, 2.75) is 31.7 Å². The van der Waals surface area contributed by atoms with Gasteiger partial charge >= 0.3 is 5.97 Å². The highest BCUT2D eigenvalue weighted by molar-refractivity contribution is 5.94. The van der Waals surface area contributed by atoms with Crippen molar-refractivity contribution in [1.29, 1.82) is 0 Å². The van der Waals surface area contributed by atoms with Crippen LogP contribution in [-0.2, 0) is 9.59 Å². The lowest BCUT2D eigenvalue weighted by atomic mass is 9.99. The van der Waals surface area contributed by atoms with E-state index < -0.39 is 22.3 Å². The SMILES string of the molecule is CC1(C(=O)O)CCCN1C(=O)CCNC(=O)c1ccc([N+](=O)[O-])cc1. The van der Waals surface area contributed by atoms with Crippen LogP contribution in [0, 0.1) is 10.1 Å².